The third kappa shape index (κ3) is 4.42. The molecule has 4 rings (SSSR count). The van der Waals surface area contributed by atoms with Gasteiger partial charge in [0.15, 0.2) is 5.75 Å². The molecule has 0 fully saturated rings. The van der Waals surface area contributed by atoms with Crippen LogP contribution in [0.4, 0.5) is 17.1 Å². The van der Waals surface area contributed by atoms with E-state index in [2.05, 4.69) is 4.90 Å². The second-order valence-electron chi connectivity index (χ2n) is 7.15. The number of benzene rings is 3. The van der Waals surface area contributed by atoms with Crippen LogP contribution in [0.15, 0.2) is 102 Å². The number of nitrogens with zero attached hydrogens (tertiary/aromatic N) is 1. The SMILES string of the molecule is COc1ccc(N(c2ccc(OC)cc2)c2ccc(-c3ccc(O)c(=O)cc3)cc2)cc1. The zero-order valence-electron chi connectivity index (χ0n) is 17.9. The number of hydrogen-bond donors (Lipinski definition) is 1. The molecular formula is C27H23NO4. The van der Waals surface area contributed by atoms with Crippen molar-refractivity contribution >= 4 is 17.1 Å². The quantitative estimate of drug-likeness (QED) is 0.416. The maximum Gasteiger partial charge on any atom is 0.220 e. The highest BCUT2D eigenvalue weighted by Crippen LogP contribution is 2.36. The van der Waals surface area contributed by atoms with E-state index in [1.165, 1.54) is 12.1 Å². The highest BCUT2D eigenvalue weighted by atomic mass is 16.5. The minimum atomic E-state index is -0.405. The zero-order chi connectivity index (χ0) is 22.5. The fourth-order valence-electron chi connectivity index (χ4n) is 3.46. The Morgan fingerprint density at radius 3 is 1.38 bits per heavy atom. The first-order valence-electron chi connectivity index (χ1n) is 10.1. The average molecular weight is 425 g/mol. The summed E-state index contributed by atoms with van der Waals surface area (Å²) >= 11 is 0. The van der Waals surface area contributed by atoms with Crippen molar-refractivity contribution in [3.63, 3.8) is 0 Å². The lowest BCUT2D eigenvalue weighted by molar-refractivity contribution is 0.415. The van der Waals surface area contributed by atoms with E-state index in [4.69, 9.17) is 9.47 Å². The Morgan fingerprint density at radius 1 is 0.562 bits per heavy atom. The van der Waals surface area contributed by atoms with E-state index >= 15 is 0 Å². The van der Waals surface area contributed by atoms with Crippen molar-refractivity contribution in [1.29, 1.82) is 0 Å². The summed E-state index contributed by atoms with van der Waals surface area (Å²) in [5.41, 5.74) is 4.31. The third-order valence-electron chi connectivity index (χ3n) is 5.21. The maximum atomic E-state index is 11.7. The number of aromatic hydroxyl groups is 1. The first-order chi connectivity index (χ1) is 15.6. The van der Waals surface area contributed by atoms with Crippen LogP contribution in [0.2, 0.25) is 0 Å². The number of hydrogen-bond acceptors (Lipinski definition) is 5. The molecule has 0 aliphatic carbocycles. The van der Waals surface area contributed by atoms with E-state index < -0.39 is 5.43 Å². The van der Waals surface area contributed by atoms with Gasteiger partial charge in [-0.05, 0) is 83.9 Å². The molecule has 4 aromatic rings. The molecule has 0 aliphatic heterocycles. The van der Waals surface area contributed by atoms with Gasteiger partial charge in [0.1, 0.15) is 11.5 Å². The van der Waals surface area contributed by atoms with Crippen molar-refractivity contribution in [2.75, 3.05) is 19.1 Å². The number of ether oxygens (including phenoxy) is 2. The highest BCUT2D eigenvalue weighted by molar-refractivity contribution is 5.78. The van der Waals surface area contributed by atoms with Crippen molar-refractivity contribution in [3.8, 4) is 28.4 Å². The molecule has 0 unspecified atom stereocenters. The molecule has 0 saturated heterocycles. The van der Waals surface area contributed by atoms with Gasteiger partial charge in [0.05, 0.1) is 14.2 Å². The Labute approximate surface area is 186 Å². The standard InChI is InChI=1S/C27H23NO4/c1-31-24-13-9-22(10-14-24)28(23-11-15-25(32-2)16-12-23)21-7-3-19(4-8-21)20-5-17-26(29)27(30)18-6-20/h3-18H,1-2H3,(H,29,30). The Hall–Kier alpha value is -4.25. The smallest absolute Gasteiger partial charge is 0.220 e. The van der Waals surface area contributed by atoms with Crippen molar-refractivity contribution in [2.45, 2.75) is 0 Å². The molecule has 0 radical (unpaired) electrons. The molecular weight excluding hydrogens is 402 g/mol. The van der Waals surface area contributed by atoms with Gasteiger partial charge in [-0.2, -0.15) is 0 Å². The normalized spacial score (nSPS) is 10.4. The average Bonchev–Trinajstić information content (AvgIpc) is 3.01. The molecule has 160 valence electrons. The molecule has 5 nitrogen and oxygen atoms in total. The van der Waals surface area contributed by atoms with Gasteiger partial charge in [-0.3, -0.25) is 4.79 Å². The number of anilines is 3. The van der Waals surface area contributed by atoms with Crippen molar-refractivity contribution in [1.82, 2.24) is 0 Å². The van der Waals surface area contributed by atoms with Gasteiger partial charge in [-0.25, -0.2) is 0 Å². The van der Waals surface area contributed by atoms with Crippen molar-refractivity contribution in [2.24, 2.45) is 0 Å². The predicted octanol–water partition coefficient (Wildman–Crippen LogP) is 5.91. The van der Waals surface area contributed by atoms with Gasteiger partial charge in [-0.15, -0.1) is 0 Å². The molecule has 0 aliphatic rings. The van der Waals surface area contributed by atoms with Crippen molar-refractivity contribution in [3.05, 3.63) is 107 Å². The summed E-state index contributed by atoms with van der Waals surface area (Å²) < 4.78 is 10.6. The Morgan fingerprint density at radius 2 is 0.938 bits per heavy atom. The Bertz CT molecular complexity index is 1200. The fourth-order valence-corrected chi connectivity index (χ4v) is 3.46. The summed E-state index contributed by atoms with van der Waals surface area (Å²) in [5, 5.41) is 9.66. The van der Waals surface area contributed by atoms with E-state index in [0.29, 0.717) is 0 Å². The van der Waals surface area contributed by atoms with E-state index in [-0.39, 0.29) is 5.75 Å². The van der Waals surface area contributed by atoms with Gasteiger partial charge in [0.2, 0.25) is 5.43 Å². The van der Waals surface area contributed by atoms with Crippen LogP contribution < -0.4 is 19.8 Å². The van der Waals surface area contributed by atoms with E-state index in [9.17, 15) is 9.90 Å². The Kier molecular flexibility index (Phi) is 6.08. The van der Waals surface area contributed by atoms with Crippen LogP contribution in [-0.4, -0.2) is 19.3 Å². The maximum absolute atomic E-state index is 11.7. The monoisotopic (exact) mass is 425 g/mol. The summed E-state index contributed by atoms with van der Waals surface area (Å²) in [6.45, 7) is 0. The van der Waals surface area contributed by atoms with Crippen LogP contribution in [-0.2, 0) is 0 Å². The summed E-state index contributed by atoms with van der Waals surface area (Å²) in [6.07, 6.45) is 0. The molecule has 0 heterocycles. The zero-order valence-corrected chi connectivity index (χ0v) is 17.9. The van der Waals surface area contributed by atoms with Crippen LogP contribution in [0.1, 0.15) is 0 Å². The molecule has 5 heteroatoms. The fraction of sp³-hybridized carbons (Fsp3) is 0.0741. The second kappa shape index (κ2) is 9.27. The van der Waals surface area contributed by atoms with Crippen molar-refractivity contribution < 1.29 is 14.6 Å². The van der Waals surface area contributed by atoms with Gasteiger partial charge in [0.25, 0.3) is 0 Å². The van der Waals surface area contributed by atoms with Crippen LogP contribution >= 0.6 is 0 Å². The lowest BCUT2D eigenvalue weighted by Gasteiger charge is -2.26. The second-order valence-corrected chi connectivity index (χ2v) is 7.15. The van der Waals surface area contributed by atoms with E-state index in [1.54, 1.807) is 26.4 Å². The predicted molar refractivity (Wildman–Crippen MR) is 128 cm³/mol. The van der Waals surface area contributed by atoms with Crippen LogP contribution in [0, 0.1) is 0 Å². The van der Waals surface area contributed by atoms with Gasteiger partial charge < -0.3 is 19.5 Å². The molecule has 4 aromatic carbocycles. The summed E-state index contributed by atoms with van der Waals surface area (Å²) in [6, 6.07) is 30.0. The van der Waals surface area contributed by atoms with E-state index in [1.807, 2.05) is 72.8 Å². The lowest BCUT2D eigenvalue weighted by atomic mass is 10.1. The topological polar surface area (TPSA) is 59.0 Å². The summed E-state index contributed by atoms with van der Waals surface area (Å²) in [7, 11) is 3.29. The molecule has 0 bridgehead atoms. The van der Waals surface area contributed by atoms with Gasteiger partial charge >= 0.3 is 0 Å². The molecule has 1 N–H and O–H groups in total. The van der Waals surface area contributed by atoms with E-state index in [0.717, 1.165) is 39.7 Å². The molecule has 0 aromatic heterocycles. The van der Waals surface area contributed by atoms with Gasteiger partial charge in [0, 0.05) is 17.1 Å². The molecule has 0 atom stereocenters. The largest absolute Gasteiger partial charge is 0.504 e. The minimum Gasteiger partial charge on any atom is -0.504 e. The summed E-state index contributed by atoms with van der Waals surface area (Å²) in [4.78, 5) is 13.8. The first kappa shape index (κ1) is 21.0. The molecule has 0 spiro atoms. The Balaban J connectivity index is 1.75. The molecule has 0 saturated carbocycles. The van der Waals surface area contributed by atoms with Crippen LogP contribution in [0.3, 0.4) is 0 Å². The number of rotatable bonds is 6. The van der Waals surface area contributed by atoms with Crippen LogP contribution in [0.25, 0.3) is 11.1 Å². The van der Waals surface area contributed by atoms with Gasteiger partial charge in [-0.1, -0.05) is 24.3 Å². The molecule has 0 amide bonds. The summed E-state index contributed by atoms with van der Waals surface area (Å²) in [5.74, 6) is 1.31. The van der Waals surface area contributed by atoms with Crippen LogP contribution in [0.5, 0.6) is 17.2 Å². The first-order valence-corrected chi connectivity index (χ1v) is 10.1. The highest BCUT2D eigenvalue weighted by Gasteiger charge is 2.13. The minimum absolute atomic E-state index is 0.266. The molecule has 32 heavy (non-hydrogen) atoms. The number of methoxy groups -OCH3 is 2. The third-order valence-corrected chi connectivity index (χ3v) is 5.21. The lowest BCUT2D eigenvalue weighted by Crippen LogP contribution is -2.09.